The van der Waals surface area contributed by atoms with Gasteiger partial charge in [-0.25, -0.2) is 9.79 Å². The molecule has 188 valence electrons. The van der Waals surface area contributed by atoms with E-state index in [-0.39, 0.29) is 38.7 Å². The van der Waals surface area contributed by atoms with Crippen LogP contribution in [0.5, 0.6) is 0 Å². The van der Waals surface area contributed by atoms with Crippen molar-refractivity contribution < 1.29 is 29.4 Å². The standard InChI is InChI=1S/C6H15N.C5H10N2O3.C3H7NO2.C2H3NO.CH2Cl2.CH4/c1-4-7(5-2)6-3;1-6-4-10-7-3-2-5(8)9;4-2-1-3(5)6;1-3-2-4;2-1-3;/h4-6H2,1-3H3;4,7H,2-3H2,1H3,(H,8,9);1-2,4H2,(H,5,6);1H3;1H2;1H4. The van der Waals surface area contributed by atoms with Crippen LogP contribution in [0.2, 0.25) is 0 Å². The molecular formula is C18H41Cl2N5O6. The first-order valence-electron chi connectivity index (χ1n) is 8.95. The fourth-order valence-electron chi connectivity index (χ4n) is 1.10. The predicted octanol–water partition coefficient (Wildman–Crippen LogP) is 2.42. The van der Waals surface area contributed by atoms with E-state index < -0.39 is 11.9 Å². The average molecular weight is 494 g/mol. The Balaban J connectivity index is -0.0000000663. The second-order valence-corrected chi connectivity index (χ2v) is 5.30. The number of hydrogen-bond acceptors (Lipinski definition) is 9. The van der Waals surface area contributed by atoms with Gasteiger partial charge in [0.25, 0.3) is 0 Å². The van der Waals surface area contributed by atoms with Gasteiger partial charge < -0.3 is 25.7 Å². The van der Waals surface area contributed by atoms with Gasteiger partial charge in [-0.05, 0) is 19.6 Å². The zero-order chi connectivity index (χ0) is 24.6. The minimum atomic E-state index is -0.857. The number of hydrogen-bond donors (Lipinski definition) is 4. The maximum absolute atomic E-state index is 9.90. The molecule has 0 aromatic rings. The van der Waals surface area contributed by atoms with Gasteiger partial charge in [0.1, 0.15) is 0 Å². The third kappa shape index (κ3) is 83.7. The quantitative estimate of drug-likeness (QED) is 0.0890. The van der Waals surface area contributed by atoms with E-state index in [1.54, 1.807) is 7.05 Å². The summed E-state index contributed by atoms with van der Waals surface area (Å²) in [5.74, 6) is -1.69. The number of aliphatic imine (C=N–C) groups is 2. The fraction of sp³-hybridized carbons (Fsp3) is 0.778. The van der Waals surface area contributed by atoms with Gasteiger partial charge in [0.05, 0.1) is 18.2 Å². The number of nitrogens with one attached hydrogen (secondary N) is 1. The second-order valence-electron chi connectivity index (χ2n) is 4.49. The molecule has 0 aliphatic rings. The van der Waals surface area contributed by atoms with Gasteiger partial charge in [-0.1, -0.05) is 28.2 Å². The Morgan fingerprint density at radius 1 is 1.10 bits per heavy atom. The molecule has 0 saturated heterocycles. The number of alkyl halides is 2. The van der Waals surface area contributed by atoms with E-state index in [9.17, 15) is 9.59 Å². The lowest BCUT2D eigenvalue weighted by atomic mass is 10.4. The number of carboxylic acid groups (broad SMARTS) is 2. The Morgan fingerprint density at radius 3 is 1.65 bits per heavy atom. The number of aliphatic carboxylic acids is 2. The highest BCUT2D eigenvalue weighted by molar-refractivity contribution is 6.40. The van der Waals surface area contributed by atoms with Crippen LogP contribution < -0.4 is 11.2 Å². The minimum Gasteiger partial charge on any atom is -0.481 e. The smallest absolute Gasteiger partial charge is 0.304 e. The summed E-state index contributed by atoms with van der Waals surface area (Å²) in [5, 5.41) is 16.2. The van der Waals surface area contributed by atoms with E-state index in [0.717, 1.165) is 0 Å². The molecule has 0 atom stereocenters. The minimum absolute atomic E-state index is 0. The maximum Gasteiger partial charge on any atom is 0.304 e. The highest BCUT2D eigenvalue weighted by Gasteiger charge is 1.93. The van der Waals surface area contributed by atoms with Crippen molar-refractivity contribution >= 4 is 47.6 Å². The first-order valence-corrected chi connectivity index (χ1v) is 10.0. The van der Waals surface area contributed by atoms with Crippen LogP contribution in [0.25, 0.3) is 0 Å². The van der Waals surface area contributed by atoms with Gasteiger partial charge in [0.15, 0.2) is 6.40 Å². The lowest BCUT2D eigenvalue weighted by molar-refractivity contribution is -0.138. The van der Waals surface area contributed by atoms with Gasteiger partial charge in [-0.3, -0.25) is 14.6 Å². The lowest BCUT2D eigenvalue weighted by Crippen LogP contribution is -2.21. The predicted molar refractivity (Wildman–Crippen MR) is 128 cm³/mol. The molecule has 31 heavy (non-hydrogen) atoms. The summed E-state index contributed by atoms with van der Waals surface area (Å²) in [7, 11) is 2.94. The zero-order valence-corrected chi connectivity index (χ0v) is 19.9. The summed E-state index contributed by atoms with van der Waals surface area (Å²) in [6.45, 7) is 10.6. The number of nitrogens with zero attached hydrogens (tertiary/aromatic N) is 3. The first-order chi connectivity index (χ1) is 14.2. The normalized spacial score (nSPS) is 8.29. The van der Waals surface area contributed by atoms with Crippen molar-refractivity contribution in [2.75, 3.05) is 52.2 Å². The third-order valence-electron chi connectivity index (χ3n) is 2.47. The van der Waals surface area contributed by atoms with Crippen LogP contribution >= 0.6 is 23.2 Å². The second kappa shape index (κ2) is 46.5. The molecule has 0 bridgehead atoms. The molecule has 0 amide bonds. The Hall–Kier alpha value is -1.75. The molecule has 0 unspecified atom stereocenters. The maximum atomic E-state index is 9.90. The molecule has 13 heteroatoms. The number of carbonyl (C=O) groups is 2. The summed E-state index contributed by atoms with van der Waals surface area (Å²) < 4.78 is 0. The average Bonchev–Trinajstić information content (AvgIpc) is 2.70. The molecule has 0 radical (unpaired) electrons. The van der Waals surface area contributed by atoms with Crippen LogP contribution in [0.3, 0.4) is 0 Å². The highest BCUT2D eigenvalue weighted by atomic mass is 35.5. The highest BCUT2D eigenvalue weighted by Crippen LogP contribution is 1.81. The van der Waals surface area contributed by atoms with E-state index in [0.29, 0.717) is 0 Å². The molecule has 11 nitrogen and oxygen atoms in total. The summed E-state index contributed by atoms with van der Waals surface area (Å²) in [6.07, 6.45) is 2.61. The van der Waals surface area contributed by atoms with E-state index in [4.69, 9.17) is 43.9 Å². The largest absolute Gasteiger partial charge is 0.481 e. The fourth-order valence-corrected chi connectivity index (χ4v) is 1.10. The molecule has 0 saturated carbocycles. The first kappa shape index (κ1) is 43.2. The molecule has 0 aliphatic heterocycles. The zero-order valence-electron chi connectivity index (χ0n) is 18.4. The summed E-state index contributed by atoms with van der Waals surface area (Å²) in [5.41, 5.74) is 7.24. The van der Waals surface area contributed by atoms with E-state index >= 15 is 0 Å². The van der Waals surface area contributed by atoms with Crippen LogP contribution in [0.1, 0.15) is 41.0 Å². The number of rotatable bonds is 10. The molecule has 0 aromatic heterocycles. The molecule has 0 spiro atoms. The van der Waals surface area contributed by atoms with Crippen molar-refractivity contribution in [1.29, 1.82) is 0 Å². The van der Waals surface area contributed by atoms with Gasteiger partial charge in [0, 0.05) is 27.2 Å². The van der Waals surface area contributed by atoms with Crippen molar-refractivity contribution in [3.8, 4) is 0 Å². The molecule has 5 N–H and O–H groups in total. The van der Waals surface area contributed by atoms with Crippen LogP contribution in [-0.2, 0) is 19.2 Å². The van der Waals surface area contributed by atoms with Gasteiger partial charge in [-0.15, -0.1) is 23.2 Å². The van der Waals surface area contributed by atoms with Gasteiger partial charge in [0.2, 0.25) is 6.08 Å². The number of carbonyl (C=O) groups excluding carboxylic acids is 1. The summed E-state index contributed by atoms with van der Waals surface area (Å²) in [6, 6.07) is 0. The molecule has 0 aromatic carbocycles. The molecular weight excluding hydrogens is 453 g/mol. The summed E-state index contributed by atoms with van der Waals surface area (Å²) >= 11 is 9.53. The topological polar surface area (TPSA) is 167 Å². The van der Waals surface area contributed by atoms with Crippen molar-refractivity contribution in [2.45, 2.75) is 41.0 Å². The Bertz CT molecular complexity index is 417. The Morgan fingerprint density at radius 2 is 1.48 bits per heavy atom. The molecule has 0 rings (SSSR count). The van der Waals surface area contributed by atoms with Crippen molar-refractivity contribution in [3.63, 3.8) is 0 Å². The van der Waals surface area contributed by atoms with Crippen LogP contribution in [-0.4, -0.2) is 91.7 Å². The van der Waals surface area contributed by atoms with Gasteiger partial charge in [-0.2, -0.15) is 5.48 Å². The lowest BCUT2D eigenvalue weighted by Gasteiger charge is -2.13. The SMILES string of the molecule is C.CCN(CC)CC.CN=C=O.CN=CONCCC(=O)O.ClCCl.NCCC(=O)O. The number of nitrogens with two attached hydrogens (primary N) is 1. The van der Waals surface area contributed by atoms with E-state index in [2.05, 4.69) is 46.0 Å². The van der Waals surface area contributed by atoms with E-state index in [1.165, 1.54) is 39.2 Å². The van der Waals surface area contributed by atoms with Crippen LogP contribution in [0.15, 0.2) is 9.98 Å². The van der Waals surface area contributed by atoms with Crippen molar-refractivity contribution in [3.05, 3.63) is 0 Å². The van der Waals surface area contributed by atoms with E-state index in [1.807, 2.05) is 0 Å². The van der Waals surface area contributed by atoms with Crippen molar-refractivity contribution in [2.24, 2.45) is 15.7 Å². The van der Waals surface area contributed by atoms with Crippen molar-refractivity contribution in [1.82, 2.24) is 10.4 Å². The van der Waals surface area contributed by atoms with Gasteiger partial charge >= 0.3 is 11.9 Å². The molecule has 0 heterocycles. The third-order valence-corrected chi connectivity index (χ3v) is 2.47. The monoisotopic (exact) mass is 493 g/mol. The Labute approximate surface area is 196 Å². The number of isocyanates is 1. The number of hydroxylamine groups is 1. The summed E-state index contributed by atoms with van der Waals surface area (Å²) in [4.78, 5) is 41.6. The van der Waals surface area contributed by atoms with Crippen LogP contribution in [0, 0.1) is 0 Å². The number of carboxylic acids is 2. The molecule has 0 aliphatic carbocycles. The Kier molecular flexibility index (Phi) is 64.7. The van der Waals surface area contributed by atoms with Crippen LogP contribution in [0.4, 0.5) is 0 Å². The molecule has 0 fully saturated rings. The number of halogens is 2.